The normalized spacial score (nSPS) is 10.8. The third kappa shape index (κ3) is 1.91. The van der Waals surface area contributed by atoms with Crippen LogP contribution in [0.5, 0.6) is 0 Å². The van der Waals surface area contributed by atoms with Crippen LogP contribution < -0.4 is 5.73 Å². The number of H-pyrrole nitrogens is 1. The molecule has 0 saturated carbocycles. The van der Waals surface area contributed by atoms with Crippen molar-refractivity contribution in [1.29, 1.82) is 0 Å². The van der Waals surface area contributed by atoms with Gasteiger partial charge in [-0.25, -0.2) is 4.79 Å². The summed E-state index contributed by atoms with van der Waals surface area (Å²) in [5, 5.41) is 0.793. The molecule has 0 fully saturated rings. The molecule has 2 rings (SSSR count). The van der Waals surface area contributed by atoms with E-state index in [1.165, 1.54) is 0 Å². The molecule has 2 aromatic rings. The lowest BCUT2D eigenvalue weighted by Crippen LogP contribution is -2.06. The van der Waals surface area contributed by atoms with Gasteiger partial charge in [0.05, 0.1) is 12.1 Å². The molecule has 0 saturated heterocycles. The van der Waals surface area contributed by atoms with E-state index in [0.717, 1.165) is 20.9 Å². The van der Waals surface area contributed by atoms with E-state index in [2.05, 4.69) is 20.9 Å². The van der Waals surface area contributed by atoms with Gasteiger partial charge in [-0.05, 0) is 25.5 Å². The minimum Gasteiger partial charge on any atom is -0.462 e. The van der Waals surface area contributed by atoms with Crippen molar-refractivity contribution in [2.45, 2.75) is 13.8 Å². The van der Waals surface area contributed by atoms with E-state index in [9.17, 15) is 4.79 Å². The van der Waals surface area contributed by atoms with Crippen LogP contribution in [0, 0.1) is 6.92 Å². The lowest BCUT2D eigenvalue weighted by Gasteiger charge is -2.02. The largest absolute Gasteiger partial charge is 0.462 e. The Kier molecular flexibility index (Phi) is 3.11. The Labute approximate surface area is 107 Å². The Morgan fingerprint density at radius 2 is 2.24 bits per heavy atom. The highest BCUT2D eigenvalue weighted by Crippen LogP contribution is 2.31. The fourth-order valence-electron chi connectivity index (χ4n) is 1.82. The van der Waals surface area contributed by atoms with E-state index in [-0.39, 0.29) is 0 Å². The predicted octanol–water partition coefficient (Wildman–Crippen LogP) is 3.00. The third-order valence-electron chi connectivity index (χ3n) is 2.68. The van der Waals surface area contributed by atoms with Crippen LogP contribution >= 0.6 is 15.9 Å². The van der Waals surface area contributed by atoms with E-state index in [0.29, 0.717) is 18.0 Å². The van der Waals surface area contributed by atoms with Crippen LogP contribution in [-0.4, -0.2) is 17.6 Å². The first kappa shape index (κ1) is 12.0. The molecule has 1 aromatic carbocycles. The number of nitrogens with one attached hydrogen (secondary N) is 1. The number of rotatable bonds is 2. The Bertz CT molecular complexity index is 590. The van der Waals surface area contributed by atoms with E-state index >= 15 is 0 Å². The number of esters is 1. The smallest absolute Gasteiger partial charge is 0.342 e. The third-order valence-corrected chi connectivity index (χ3v) is 3.54. The van der Waals surface area contributed by atoms with Crippen molar-refractivity contribution in [3.8, 4) is 0 Å². The zero-order valence-electron chi connectivity index (χ0n) is 9.63. The number of fused-ring (bicyclic) bond motifs is 1. The molecule has 0 bridgehead atoms. The van der Waals surface area contributed by atoms with Crippen molar-refractivity contribution >= 4 is 38.6 Å². The first-order valence-electron chi connectivity index (χ1n) is 5.29. The number of aromatic amines is 1. The number of halogens is 1. The molecule has 0 aliphatic carbocycles. The molecule has 17 heavy (non-hydrogen) atoms. The van der Waals surface area contributed by atoms with Gasteiger partial charge in [-0.2, -0.15) is 0 Å². The van der Waals surface area contributed by atoms with Crippen LogP contribution in [0.4, 0.5) is 5.82 Å². The Morgan fingerprint density at radius 1 is 1.53 bits per heavy atom. The molecular formula is C12H13BrN2O2. The Morgan fingerprint density at radius 3 is 2.88 bits per heavy atom. The van der Waals surface area contributed by atoms with Crippen LogP contribution in [0.25, 0.3) is 10.9 Å². The Hall–Kier alpha value is -1.49. The van der Waals surface area contributed by atoms with Gasteiger partial charge in [0.25, 0.3) is 0 Å². The summed E-state index contributed by atoms with van der Waals surface area (Å²) in [5.74, 6) is -0.0439. The molecular weight excluding hydrogens is 284 g/mol. The van der Waals surface area contributed by atoms with E-state index < -0.39 is 5.97 Å². The second-order valence-corrected chi connectivity index (χ2v) is 4.58. The van der Waals surface area contributed by atoms with Crippen LogP contribution in [0.15, 0.2) is 16.6 Å². The van der Waals surface area contributed by atoms with Gasteiger partial charge in [0, 0.05) is 9.86 Å². The molecule has 1 aromatic heterocycles. The SMILES string of the molecule is CCOC(=O)c1c(N)[nH]c2c(C)c(Br)ccc12. The summed E-state index contributed by atoms with van der Waals surface area (Å²) in [7, 11) is 0. The van der Waals surface area contributed by atoms with E-state index in [1.807, 2.05) is 19.1 Å². The number of carbonyl (C=O) groups excluding carboxylic acids is 1. The zero-order valence-corrected chi connectivity index (χ0v) is 11.2. The minimum absolute atomic E-state index is 0.334. The Balaban J connectivity index is 2.69. The number of carbonyl (C=O) groups is 1. The van der Waals surface area contributed by atoms with Crippen molar-refractivity contribution in [1.82, 2.24) is 4.98 Å². The van der Waals surface area contributed by atoms with Gasteiger partial charge in [0.15, 0.2) is 0 Å². The molecule has 0 radical (unpaired) electrons. The fourth-order valence-corrected chi connectivity index (χ4v) is 2.15. The van der Waals surface area contributed by atoms with Gasteiger partial charge >= 0.3 is 5.97 Å². The van der Waals surface area contributed by atoms with E-state index in [1.54, 1.807) is 6.92 Å². The van der Waals surface area contributed by atoms with Gasteiger partial charge in [-0.3, -0.25) is 0 Å². The quantitative estimate of drug-likeness (QED) is 0.837. The molecule has 0 unspecified atom stereocenters. The summed E-state index contributed by atoms with van der Waals surface area (Å²) < 4.78 is 5.97. The maximum absolute atomic E-state index is 11.8. The molecule has 4 nitrogen and oxygen atoms in total. The molecule has 90 valence electrons. The van der Waals surface area contributed by atoms with Gasteiger partial charge < -0.3 is 15.5 Å². The molecule has 3 N–H and O–H groups in total. The average molecular weight is 297 g/mol. The predicted molar refractivity (Wildman–Crippen MR) is 71.1 cm³/mol. The topological polar surface area (TPSA) is 68.1 Å². The first-order valence-corrected chi connectivity index (χ1v) is 6.09. The number of hydrogen-bond acceptors (Lipinski definition) is 3. The van der Waals surface area contributed by atoms with Crippen molar-refractivity contribution in [2.24, 2.45) is 0 Å². The number of ether oxygens (including phenoxy) is 1. The van der Waals surface area contributed by atoms with Crippen LogP contribution in [0.3, 0.4) is 0 Å². The second kappa shape index (κ2) is 4.41. The van der Waals surface area contributed by atoms with Crippen LogP contribution in [0.2, 0.25) is 0 Å². The van der Waals surface area contributed by atoms with E-state index in [4.69, 9.17) is 10.5 Å². The van der Waals surface area contributed by atoms with Gasteiger partial charge in [-0.15, -0.1) is 0 Å². The molecule has 1 heterocycles. The maximum Gasteiger partial charge on any atom is 0.342 e. The highest BCUT2D eigenvalue weighted by atomic mass is 79.9. The van der Waals surface area contributed by atoms with Gasteiger partial charge in [0.2, 0.25) is 0 Å². The van der Waals surface area contributed by atoms with Crippen molar-refractivity contribution in [3.63, 3.8) is 0 Å². The number of anilines is 1. The minimum atomic E-state index is -0.391. The molecule has 0 amide bonds. The lowest BCUT2D eigenvalue weighted by molar-refractivity contribution is 0.0530. The number of benzene rings is 1. The molecule has 5 heteroatoms. The standard InChI is InChI=1S/C12H13BrN2O2/c1-3-17-12(16)9-7-4-5-8(13)6(2)10(7)15-11(9)14/h4-5,15H,3,14H2,1-2H3. The van der Waals surface area contributed by atoms with Crippen molar-refractivity contribution in [2.75, 3.05) is 12.3 Å². The summed E-state index contributed by atoms with van der Waals surface area (Å²) in [4.78, 5) is 14.8. The number of aromatic nitrogens is 1. The summed E-state index contributed by atoms with van der Waals surface area (Å²) in [5.41, 5.74) is 8.13. The molecule has 0 aliphatic heterocycles. The molecule has 0 spiro atoms. The fraction of sp³-hybridized carbons (Fsp3) is 0.250. The van der Waals surface area contributed by atoms with Crippen molar-refractivity contribution < 1.29 is 9.53 Å². The molecule has 0 atom stereocenters. The van der Waals surface area contributed by atoms with Crippen molar-refractivity contribution in [3.05, 3.63) is 27.7 Å². The monoisotopic (exact) mass is 296 g/mol. The summed E-state index contributed by atoms with van der Waals surface area (Å²) >= 11 is 3.44. The van der Waals surface area contributed by atoms with Gasteiger partial charge in [0.1, 0.15) is 11.4 Å². The summed E-state index contributed by atoms with van der Waals surface area (Å²) in [6.07, 6.45) is 0. The molecule has 0 aliphatic rings. The zero-order chi connectivity index (χ0) is 12.6. The number of hydrogen-bond donors (Lipinski definition) is 2. The van der Waals surface area contributed by atoms with Gasteiger partial charge in [-0.1, -0.05) is 22.0 Å². The van der Waals surface area contributed by atoms with Crippen LogP contribution in [0.1, 0.15) is 22.8 Å². The maximum atomic E-state index is 11.8. The average Bonchev–Trinajstić information content (AvgIpc) is 2.61. The van der Waals surface area contributed by atoms with Crippen LogP contribution in [-0.2, 0) is 4.74 Å². The number of nitrogens with two attached hydrogens (primary N) is 1. The second-order valence-electron chi connectivity index (χ2n) is 3.73. The lowest BCUT2D eigenvalue weighted by atomic mass is 10.1. The highest BCUT2D eigenvalue weighted by molar-refractivity contribution is 9.10. The summed E-state index contributed by atoms with van der Waals surface area (Å²) in [6, 6.07) is 3.75. The number of nitrogen functional groups attached to an aromatic ring is 1. The first-order chi connectivity index (χ1) is 8.06. The number of aryl methyl sites for hydroxylation is 1. The highest BCUT2D eigenvalue weighted by Gasteiger charge is 2.19. The summed E-state index contributed by atoms with van der Waals surface area (Å²) in [6.45, 7) is 4.06.